The highest BCUT2D eigenvalue weighted by Crippen LogP contribution is 2.38. The van der Waals surface area contributed by atoms with Crippen molar-refractivity contribution in [1.29, 1.82) is 0 Å². The summed E-state index contributed by atoms with van der Waals surface area (Å²) < 4.78 is 48.7. The lowest BCUT2D eigenvalue weighted by molar-refractivity contribution is -0.137. The van der Waals surface area contributed by atoms with Crippen LogP contribution in [0.5, 0.6) is 11.5 Å². The molecule has 33 heavy (non-hydrogen) atoms. The molecule has 174 valence electrons. The van der Waals surface area contributed by atoms with Gasteiger partial charge in [-0.25, -0.2) is 12.8 Å². The molecule has 3 aromatic rings. The number of hydrogen-bond acceptors (Lipinski definition) is 5. The lowest BCUT2D eigenvalue weighted by Crippen LogP contribution is -2.33. The first-order valence-corrected chi connectivity index (χ1v) is 12.0. The van der Waals surface area contributed by atoms with E-state index >= 15 is 0 Å². The number of carboxylic acids is 1. The van der Waals surface area contributed by atoms with Gasteiger partial charge in [-0.15, -0.1) is 0 Å². The molecule has 2 aromatic carbocycles. The minimum absolute atomic E-state index is 0.0198. The molecule has 0 saturated heterocycles. The molecule has 0 fully saturated rings. The highest BCUT2D eigenvalue weighted by molar-refractivity contribution is 7.89. The average molecular weight is 494 g/mol. The second-order valence-electron chi connectivity index (χ2n) is 7.65. The van der Waals surface area contributed by atoms with Crippen molar-refractivity contribution in [2.24, 2.45) is 0 Å². The molecule has 11 heteroatoms. The fourth-order valence-electron chi connectivity index (χ4n) is 3.94. The topological polar surface area (TPSA) is 102 Å². The van der Waals surface area contributed by atoms with E-state index in [2.05, 4.69) is 5.10 Å². The number of halogens is 2. The maximum atomic E-state index is 13.9. The quantitative estimate of drug-likeness (QED) is 0.528. The number of carbonyl (C=O) groups is 1. The standard InChI is InChI=1S/C22H21ClFN3O5S/c1-26(18-6-4-7-19-15(18)12-25-27(19)13-22(28)29)33(30,31)14-9-10-20(16(23)11-14)32-21-8-3-2-5-17(21)24/h2-3,5,8-12,18H,4,6-7,13H2,1H3,(H,28,29). The average Bonchev–Trinajstić information content (AvgIpc) is 3.18. The zero-order valence-electron chi connectivity index (χ0n) is 17.6. The largest absolute Gasteiger partial charge is 0.480 e. The van der Waals surface area contributed by atoms with Crippen molar-refractivity contribution in [2.45, 2.75) is 36.7 Å². The molecule has 0 bridgehead atoms. The summed E-state index contributed by atoms with van der Waals surface area (Å²) in [5.41, 5.74) is 1.42. The molecule has 1 aliphatic rings. The molecule has 1 unspecified atom stereocenters. The van der Waals surface area contributed by atoms with E-state index in [0.717, 1.165) is 5.69 Å². The molecule has 1 atom stereocenters. The van der Waals surface area contributed by atoms with Crippen LogP contribution in [-0.4, -0.2) is 40.6 Å². The van der Waals surface area contributed by atoms with Gasteiger partial charge < -0.3 is 9.84 Å². The number of benzene rings is 2. The summed E-state index contributed by atoms with van der Waals surface area (Å²) in [7, 11) is -2.48. The SMILES string of the molecule is CN(C1CCCc2c1cnn2CC(=O)O)S(=O)(=O)c1ccc(Oc2ccccc2F)c(Cl)c1. The number of fused-ring (bicyclic) bond motifs is 1. The highest BCUT2D eigenvalue weighted by atomic mass is 35.5. The Kier molecular flexibility index (Phi) is 6.42. The summed E-state index contributed by atoms with van der Waals surface area (Å²) in [6.45, 7) is -0.280. The third kappa shape index (κ3) is 4.59. The van der Waals surface area contributed by atoms with Crippen molar-refractivity contribution in [3.8, 4) is 11.5 Å². The van der Waals surface area contributed by atoms with Crippen LogP contribution in [-0.2, 0) is 27.8 Å². The van der Waals surface area contributed by atoms with E-state index in [4.69, 9.17) is 21.4 Å². The third-order valence-corrected chi connectivity index (χ3v) is 7.75. The number of carboxylic acid groups (broad SMARTS) is 1. The lowest BCUT2D eigenvalue weighted by atomic mass is 9.93. The second kappa shape index (κ2) is 9.12. The van der Waals surface area contributed by atoms with Crippen LogP contribution in [0.25, 0.3) is 0 Å². The van der Waals surface area contributed by atoms with Crippen molar-refractivity contribution < 1.29 is 27.4 Å². The first-order valence-electron chi connectivity index (χ1n) is 10.1. The van der Waals surface area contributed by atoms with Gasteiger partial charge in [-0.3, -0.25) is 9.48 Å². The number of hydrogen-bond donors (Lipinski definition) is 1. The van der Waals surface area contributed by atoms with Crippen molar-refractivity contribution in [3.63, 3.8) is 0 Å². The molecule has 8 nitrogen and oxygen atoms in total. The normalized spacial score (nSPS) is 15.9. The van der Waals surface area contributed by atoms with Crippen LogP contribution in [0.15, 0.2) is 53.6 Å². The van der Waals surface area contributed by atoms with Crippen LogP contribution in [0.3, 0.4) is 0 Å². The van der Waals surface area contributed by atoms with Crippen LogP contribution < -0.4 is 4.74 Å². The predicted molar refractivity (Wildman–Crippen MR) is 118 cm³/mol. The Morgan fingerprint density at radius 2 is 2.06 bits per heavy atom. The number of rotatable bonds is 7. The van der Waals surface area contributed by atoms with Gasteiger partial charge in [0.15, 0.2) is 11.6 Å². The number of nitrogens with zero attached hydrogens (tertiary/aromatic N) is 3. The van der Waals surface area contributed by atoms with E-state index < -0.39 is 27.9 Å². The van der Waals surface area contributed by atoms with Gasteiger partial charge >= 0.3 is 5.97 Å². The summed E-state index contributed by atoms with van der Waals surface area (Å²) in [6.07, 6.45) is 3.43. The van der Waals surface area contributed by atoms with Crippen LogP contribution in [0.1, 0.15) is 30.1 Å². The van der Waals surface area contributed by atoms with Crippen molar-refractivity contribution >= 4 is 27.6 Å². The maximum Gasteiger partial charge on any atom is 0.325 e. The number of para-hydroxylation sites is 1. The van der Waals surface area contributed by atoms with Gasteiger partial charge in [0, 0.05) is 18.3 Å². The molecule has 0 aliphatic heterocycles. The molecule has 0 radical (unpaired) electrons. The zero-order valence-corrected chi connectivity index (χ0v) is 19.2. The van der Waals surface area contributed by atoms with E-state index in [1.54, 1.807) is 6.07 Å². The zero-order chi connectivity index (χ0) is 23.8. The van der Waals surface area contributed by atoms with Crippen molar-refractivity contribution in [2.75, 3.05) is 7.05 Å². The van der Waals surface area contributed by atoms with Gasteiger partial charge in [0.05, 0.1) is 22.2 Å². The minimum Gasteiger partial charge on any atom is -0.480 e. The summed E-state index contributed by atoms with van der Waals surface area (Å²) >= 11 is 6.26. The Morgan fingerprint density at radius 1 is 1.30 bits per heavy atom. The number of aliphatic carboxylic acids is 1. The first kappa shape index (κ1) is 23.2. The molecule has 1 aliphatic carbocycles. The summed E-state index contributed by atoms with van der Waals surface area (Å²) in [6, 6.07) is 9.33. The Balaban J connectivity index is 1.60. The van der Waals surface area contributed by atoms with Crippen LogP contribution in [0.2, 0.25) is 5.02 Å². The van der Waals surface area contributed by atoms with Gasteiger partial charge in [-0.1, -0.05) is 23.7 Å². The van der Waals surface area contributed by atoms with E-state index in [9.17, 15) is 17.6 Å². The monoisotopic (exact) mass is 493 g/mol. The second-order valence-corrected chi connectivity index (χ2v) is 10.1. The molecule has 0 saturated carbocycles. The van der Waals surface area contributed by atoms with Crippen LogP contribution >= 0.6 is 11.6 Å². The summed E-state index contributed by atoms with van der Waals surface area (Å²) in [5.74, 6) is -1.49. The molecule has 0 spiro atoms. The van der Waals surface area contributed by atoms with E-state index in [1.807, 2.05) is 0 Å². The molecule has 1 N–H and O–H groups in total. The number of sulfonamides is 1. The Hall–Kier alpha value is -2.95. The minimum atomic E-state index is -3.95. The highest BCUT2D eigenvalue weighted by Gasteiger charge is 2.34. The van der Waals surface area contributed by atoms with Gasteiger partial charge in [-0.05, 0) is 49.6 Å². The number of aromatic nitrogens is 2. The molecule has 0 amide bonds. The van der Waals surface area contributed by atoms with Gasteiger partial charge in [0.1, 0.15) is 12.3 Å². The third-order valence-electron chi connectivity index (χ3n) is 5.59. The molecule has 1 aromatic heterocycles. The van der Waals surface area contributed by atoms with Gasteiger partial charge in [-0.2, -0.15) is 9.40 Å². The lowest BCUT2D eigenvalue weighted by Gasteiger charge is -2.31. The molecular weight excluding hydrogens is 473 g/mol. The fourth-order valence-corrected chi connectivity index (χ4v) is 5.62. The van der Waals surface area contributed by atoms with Crippen LogP contribution in [0.4, 0.5) is 4.39 Å². The van der Waals surface area contributed by atoms with E-state index in [0.29, 0.717) is 24.8 Å². The Morgan fingerprint density at radius 3 is 2.76 bits per heavy atom. The Labute approximate surface area is 195 Å². The molecular formula is C22H21ClFN3O5S. The van der Waals surface area contributed by atoms with Crippen molar-refractivity contribution in [3.05, 3.63) is 70.8 Å². The predicted octanol–water partition coefficient (Wildman–Crippen LogP) is 4.25. The maximum absolute atomic E-state index is 13.9. The molecule has 4 rings (SSSR count). The van der Waals surface area contributed by atoms with E-state index in [1.165, 1.54) is 58.6 Å². The smallest absolute Gasteiger partial charge is 0.325 e. The first-order chi connectivity index (χ1) is 15.7. The van der Waals surface area contributed by atoms with Gasteiger partial charge in [0.25, 0.3) is 0 Å². The summed E-state index contributed by atoms with van der Waals surface area (Å²) in [5, 5.41) is 13.2. The summed E-state index contributed by atoms with van der Waals surface area (Å²) in [4.78, 5) is 11.1. The fraction of sp³-hybridized carbons (Fsp3) is 0.273. The van der Waals surface area contributed by atoms with E-state index in [-0.39, 0.29) is 28.0 Å². The number of ether oxygens (including phenoxy) is 1. The Bertz CT molecular complexity index is 1310. The van der Waals surface area contributed by atoms with Gasteiger partial charge in [0.2, 0.25) is 10.0 Å². The van der Waals surface area contributed by atoms with Crippen LogP contribution in [0, 0.1) is 5.82 Å². The van der Waals surface area contributed by atoms with Crippen molar-refractivity contribution in [1.82, 2.24) is 14.1 Å². The molecule has 1 heterocycles.